The van der Waals surface area contributed by atoms with Gasteiger partial charge in [-0.1, -0.05) is 36.4 Å². The van der Waals surface area contributed by atoms with Crippen molar-refractivity contribution in [1.29, 1.82) is 0 Å². The molecule has 0 saturated carbocycles. The largest absolute Gasteiger partial charge is 0.493 e. The molecule has 10 heteroatoms. The lowest BCUT2D eigenvalue weighted by Gasteiger charge is -2.29. The van der Waals surface area contributed by atoms with Crippen molar-refractivity contribution >= 4 is 57.5 Å². The molecule has 5 rings (SSSR count). The van der Waals surface area contributed by atoms with Gasteiger partial charge in [-0.05, 0) is 93.4 Å². The van der Waals surface area contributed by atoms with E-state index in [4.69, 9.17) is 9.47 Å². The number of carbonyl (C=O) groups is 3. The van der Waals surface area contributed by atoms with Crippen molar-refractivity contribution < 1.29 is 28.2 Å². The van der Waals surface area contributed by atoms with E-state index >= 15 is 0 Å². The van der Waals surface area contributed by atoms with Gasteiger partial charge < -0.3 is 14.4 Å². The van der Waals surface area contributed by atoms with Crippen LogP contribution in [0.25, 0.3) is 6.08 Å². The summed E-state index contributed by atoms with van der Waals surface area (Å²) in [5, 5.41) is -0.474. The number of fused-ring (bicyclic) bond motifs is 1. The third kappa shape index (κ3) is 6.11. The van der Waals surface area contributed by atoms with E-state index in [0.29, 0.717) is 30.2 Å². The Morgan fingerprint density at radius 1 is 1.10 bits per heavy atom. The summed E-state index contributed by atoms with van der Waals surface area (Å²) in [7, 11) is 1.51. The molecule has 3 amide bonds. The van der Waals surface area contributed by atoms with Gasteiger partial charge in [0.05, 0.1) is 15.6 Å². The van der Waals surface area contributed by atoms with Gasteiger partial charge in [-0.15, -0.1) is 0 Å². The van der Waals surface area contributed by atoms with Gasteiger partial charge in [0, 0.05) is 13.1 Å². The van der Waals surface area contributed by atoms with Crippen LogP contribution in [0, 0.1) is 9.39 Å². The number of imide groups is 1. The van der Waals surface area contributed by atoms with E-state index in [9.17, 15) is 18.8 Å². The van der Waals surface area contributed by atoms with Crippen LogP contribution in [-0.2, 0) is 29.2 Å². The predicted octanol–water partition coefficient (Wildman–Crippen LogP) is 5.64. The van der Waals surface area contributed by atoms with Crippen molar-refractivity contribution in [3.8, 4) is 11.5 Å². The van der Waals surface area contributed by atoms with E-state index in [1.807, 2.05) is 24.3 Å². The number of halogens is 2. The molecule has 2 aliphatic heterocycles. The maximum atomic E-state index is 13.2. The predicted molar refractivity (Wildman–Crippen MR) is 155 cm³/mol. The van der Waals surface area contributed by atoms with Crippen molar-refractivity contribution in [3.63, 3.8) is 0 Å². The van der Waals surface area contributed by atoms with Crippen LogP contribution in [0.2, 0.25) is 0 Å². The average Bonchev–Trinajstić information content (AvgIpc) is 3.19. The molecule has 0 spiro atoms. The van der Waals surface area contributed by atoms with Gasteiger partial charge >= 0.3 is 0 Å². The first-order chi connectivity index (χ1) is 18.8. The first-order valence-electron chi connectivity index (χ1n) is 12.2. The van der Waals surface area contributed by atoms with Gasteiger partial charge in [0.25, 0.3) is 11.1 Å². The van der Waals surface area contributed by atoms with Gasteiger partial charge in [-0.25, -0.2) is 4.39 Å². The van der Waals surface area contributed by atoms with E-state index in [2.05, 4.69) is 28.7 Å². The van der Waals surface area contributed by atoms with Gasteiger partial charge in [0.15, 0.2) is 11.5 Å². The molecule has 0 bridgehead atoms. The molecule has 0 aromatic heterocycles. The number of carbonyl (C=O) groups excluding carboxylic acids is 3. The maximum Gasteiger partial charge on any atom is 0.294 e. The number of nitrogens with zero attached hydrogens (tertiary/aromatic N) is 2. The lowest BCUT2D eigenvalue weighted by molar-refractivity contribution is -0.136. The Morgan fingerprint density at radius 2 is 1.85 bits per heavy atom. The molecule has 0 unspecified atom stereocenters. The van der Waals surface area contributed by atoms with Gasteiger partial charge in [0.2, 0.25) is 5.91 Å². The SMILES string of the molecule is COc1cc(/C=C2\SC(=O)N(CC(=O)N3CCc4ccccc4C3)C2=O)cc(I)c1OCc1ccc(F)cc1. The monoisotopic (exact) mass is 658 g/mol. The summed E-state index contributed by atoms with van der Waals surface area (Å²) in [6, 6.07) is 17.5. The van der Waals surface area contributed by atoms with E-state index in [0.717, 1.165) is 37.8 Å². The zero-order valence-electron chi connectivity index (χ0n) is 21.0. The molecule has 3 aromatic rings. The second-order valence-corrected chi connectivity index (χ2v) is 11.2. The highest BCUT2D eigenvalue weighted by Gasteiger charge is 2.37. The van der Waals surface area contributed by atoms with Crippen LogP contribution in [0.3, 0.4) is 0 Å². The molecule has 200 valence electrons. The lowest BCUT2D eigenvalue weighted by Crippen LogP contribution is -2.44. The highest BCUT2D eigenvalue weighted by Crippen LogP contribution is 2.37. The normalized spacial score (nSPS) is 16.0. The first-order valence-corrected chi connectivity index (χ1v) is 14.1. The Morgan fingerprint density at radius 3 is 2.59 bits per heavy atom. The number of hydrogen-bond donors (Lipinski definition) is 0. The second kappa shape index (κ2) is 11.8. The van der Waals surface area contributed by atoms with Crippen LogP contribution in [-0.4, -0.2) is 47.1 Å². The molecular formula is C29H24FIN2O5S. The molecule has 2 aliphatic rings. The third-order valence-corrected chi connectivity index (χ3v) is 8.20. The molecule has 0 N–H and O–H groups in total. The summed E-state index contributed by atoms with van der Waals surface area (Å²) >= 11 is 2.92. The maximum absolute atomic E-state index is 13.2. The minimum Gasteiger partial charge on any atom is -0.493 e. The Balaban J connectivity index is 1.27. The fraction of sp³-hybridized carbons (Fsp3) is 0.207. The van der Waals surface area contributed by atoms with Crippen LogP contribution >= 0.6 is 34.4 Å². The van der Waals surface area contributed by atoms with Crippen LogP contribution in [0.4, 0.5) is 9.18 Å². The molecule has 1 saturated heterocycles. The molecule has 0 radical (unpaired) electrons. The van der Waals surface area contributed by atoms with E-state index in [-0.39, 0.29) is 29.8 Å². The lowest BCUT2D eigenvalue weighted by atomic mass is 10.00. The minimum atomic E-state index is -0.499. The van der Waals surface area contributed by atoms with Crippen molar-refractivity contribution in [1.82, 2.24) is 9.80 Å². The smallest absolute Gasteiger partial charge is 0.294 e. The van der Waals surface area contributed by atoms with Crippen molar-refractivity contribution in [2.45, 2.75) is 19.6 Å². The summed E-state index contributed by atoms with van der Waals surface area (Å²) in [6.45, 7) is 0.952. The fourth-order valence-electron chi connectivity index (χ4n) is 4.43. The summed E-state index contributed by atoms with van der Waals surface area (Å²) in [6.07, 6.45) is 2.36. The topological polar surface area (TPSA) is 76.2 Å². The fourth-order valence-corrected chi connectivity index (χ4v) is 6.05. The molecule has 0 atom stereocenters. The van der Waals surface area contributed by atoms with Crippen LogP contribution in [0.5, 0.6) is 11.5 Å². The van der Waals surface area contributed by atoms with E-state index < -0.39 is 11.1 Å². The number of ether oxygens (including phenoxy) is 2. The highest BCUT2D eigenvalue weighted by molar-refractivity contribution is 14.1. The number of hydrogen-bond acceptors (Lipinski definition) is 6. The summed E-state index contributed by atoms with van der Waals surface area (Å²) in [5.74, 6) is -0.106. The number of thioether (sulfide) groups is 1. The van der Waals surface area contributed by atoms with Crippen molar-refractivity contribution in [3.05, 3.63) is 97.2 Å². The Kier molecular flexibility index (Phi) is 8.22. The molecule has 3 aromatic carbocycles. The second-order valence-electron chi connectivity index (χ2n) is 9.05. The Hall–Kier alpha value is -3.38. The summed E-state index contributed by atoms with van der Waals surface area (Å²) in [4.78, 5) is 41.6. The Bertz CT molecular complexity index is 1480. The quantitative estimate of drug-likeness (QED) is 0.242. The zero-order valence-corrected chi connectivity index (χ0v) is 24.0. The van der Waals surface area contributed by atoms with Gasteiger partial charge in [-0.2, -0.15) is 0 Å². The molecule has 2 heterocycles. The standard InChI is InChI=1S/C29H24FIN2O5S/c1-37-24-13-19(12-23(31)27(24)38-17-18-6-8-22(30)9-7-18)14-25-28(35)33(29(36)39-25)16-26(34)32-11-10-20-4-2-3-5-21(20)15-32/h2-9,12-14H,10-11,15-17H2,1H3/b25-14-. The van der Waals surface area contributed by atoms with Crippen molar-refractivity contribution in [2.75, 3.05) is 20.2 Å². The van der Waals surface area contributed by atoms with Crippen LogP contribution in [0.15, 0.2) is 65.6 Å². The van der Waals surface area contributed by atoms with Gasteiger partial charge in [-0.3, -0.25) is 19.3 Å². The number of methoxy groups -OCH3 is 1. The van der Waals surface area contributed by atoms with E-state index in [1.54, 1.807) is 29.2 Å². The number of benzene rings is 3. The molecule has 39 heavy (non-hydrogen) atoms. The molecule has 0 aliphatic carbocycles. The number of amides is 3. The third-order valence-electron chi connectivity index (χ3n) is 6.50. The summed E-state index contributed by atoms with van der Waals surface area (Å²) < 4.78 is 25.4. The number of rotatable bonds is 7. The molecule has 7 nitrogen and oxygen atoms in total. The molecule has 1 fully saturated rings. The van der Waals surface area contributed by atoms with E-state index in [1.165, 1.54) is 24.8 Å². The van der Waals surface area contributed by atoms with Crippen molar-refractivity contribution in [2.24, 2.45) is 0 Å². The minimum absolute atomic E-state index is 0.224. The Labute approximate surface area is 243 Å². The highest BCUT2D eigenvalue weighted by atomic mass is 127. The molecular weight excluding hydrogens is 634 g/mol. The van der Waals surface area contributed by atoms with Crippen LogP contribution < -0.4 is 9.47 Å². The first kappa shape index (κ1) is 27.2. The van der Waals surface area contributed by atoms with Crippen LogP contribution in [0.1, 0.15) is 22.3 Å². The van der Waals surface area contributed by atoms with Gasteiger partial charge in [0.1, 0.15) is 19.0 Å². The average molecular weight is 658 g/mol. The summed E-state index contributed by atoms with van der Waals surface area (Å²) in [5.41, 5.74) is 3.75. The zero-order chi connectivity index (χ0) is 27.5.